The molecule has 2 rings (SSSR count). The average molecular weight is 229 g/mol. The molecule has 0 bridgehead atoms. The highest BCUT2D eigenvalue weighted by atomic mass is 19.4. The summed E-state index contributed by atoms with van der Waals surface area (Å²) in [4.78, 5) is 22.4. The van der Waals surface area contributed by atoms with Crippen LogP contribution in [0.25, 0.3) is 0 Å². The van der Waals surface area contributed by atoms with Crippen LogP contribution in [0.15, 0.2) is 18.2 Å². The van der Waals surface area contributed by atoms with Gasteiger partial charge in [0.1, 0.15) is 0 Å². The molecule has 0 saturated carbocycles. The molecule has 6 heteroatoms. The van der Waals surface area contributed by atoms with Crippen molar-refractivity contribution < 1.29 is 22.8 Å². The van der Waals surface area contributed by atoms with Crippen LogP contribution < -0.4 is 5.32 Å². The number of hydrogen-bond acceptors (Lipinski definition) is 2. The number of carbonyl (C=O) groups is 2. The molecule has 0 spiro atoms. The van der Waals surface area contributed by atoms with Crippen molar-refractivity contribution in [2.24, 2.45) is 0 Å². The zero-order valence-corrected chi connectivity index (χ0v) is 7.89. The Morgan fingerprint density at radius 3 is 2.50 bits per heavy atom. The van der Waals surface area contributed by atoms with E-state index in [1.54, 1.807) is 0 Å². The maximum absolute atomic E-state index is 12.6. The van der Waals surface area contributed by atoms with Gasteiger partial charge in [0.05, 0.1) is 23.2 Å². The number of ketones is 1. The number of hydrogen-bond donors (Lipinski definition) is 1. The molecule has 0 aromatic heterocycles. The molecule has 0 saturated heterocycles. The largest absolute Gasteiger partial charge is 0.417 e. The molecule has 16 heavy (non-hydrogen) atoms. The van der Waals surface area contributed by atoms with Crippen molar-refractivity contribution in [2.45, 2.75) is 12.6 Å². The zero-order chi connectivity index (χ0) is 11.9. The van der Waals surface area contributed by atoms with E-state index < -0.39 is 35.4 Å². The second-order valence-electron chi connectivity index (χ2n) is 3.37. The number of anilines is 1. The number of benzene rings is 1. The van der Waals surface area contributed by atoms with Crippen LogP contribution in [0.2, 0.25) is 0 Å². The lowest BCUT2D eigenvalue weighted by Crippen LogP contribution is -2.27. The third kappa shape index (κ3) is 1.66. The Hall–Kier alpha value is -1.85. The van der Waals surface area contributed by atoms with E-state index >= 15 is 0 Å². The van der Waals surface area contributed by atoms with Crippen molar-refractivity contribution in [2.75, 3.05) is 5.32 Å². The minimum Gasteiger partial charge on any atom is -0.325 e. The maximum atomic E-state index is 12.6. The highest BCUT2D eigenvalue weighted by molar-refractivity contribution is 6.19. The van der Waals surface area contributed by atoms with Gasteiger partial charge >= 0.3 is 6.18 Å². The van der Waals surface area contributed by atoms with Crippen LogP contribution in [0.1, 0.15) is 22.3 Å². The molecule has 0 radical (unpaired) electrons. The lowest BCUT2D eigenvalue weighted by molar-refractivity contribution is -0.138. The normalized spacial score (nSPS) is 15.7. The first-order valence-corrected chi connectivity index (χ1v) is 4.43. The summed E-state index contributed by atoms with van der Waals surface area (Å²) < 4.78 is 37.7. The molecular weight excluding hydrogens is 223 g/mol. The molecule has 0 aliphatic carbocycles. The van der Waals surface area contributed by atoms with Gasteiger partial charge in [-0.3, -0.25) is 9.59 Å². The zero-order valence-electron chi connectivity index (χ0n) is 7.89. The van der Waals surface area contributed by atoms with Crippen molar-refractivity contribution in [1.82, 2.24) is 0 Å². The second-order valence-corrected chi connectivity index (χ2v) is 3.37. The molecule has 1 aliphatic rings. The van der Waals surface area contributed by atoms with Crippen molar-refractivity contribution in [3.8, 4) is 0 Å². The van der Waals surface area contributed by atoms with Gasteiger partial charge in [0.2, 0.25) is 5.91 Å². The number of halogens is 3. The van der Waals surface area contributed by atoms with Gasteiger partial charge in [-0.1, -0.05) is 6.07 Å². The van der Waals surface area contributed by atoms with Crippen molar-refractivity contribution >= 4 is 17.4 Å². The monoisotopic (exact) mass is 229 g/mol. The number of rotatable bonds is 0. The fourth-order valence-corrected chi connectivity index (χ4v) is 1.62. The predicted octanol–water partition coefficient (Wildman–Crippen LogP) is 2.23. The fraction of sp³-hybridized carbons (Fsp3) is 0.200. The van der Waals surface area contributed by atoms with Gasteiger partial charge in [-0.2, -0.15) is 13.2 Å². The van der Waals surface area contributed by atoms with Crippen LogP contribution in [0, 0.1) is 0 Å². The number of carbonyl (C=O) groups excluding carboxylic acids is 2. The summed E-state index contributed by atoms with van der Waals surface area (Å²) in [5.41, 5.74) is -1.53. The van der Waals surface area contributed by atoms with Crippen molar-refractivity contribution in [1.29, 1.82) is 0 Å². The molecule has 0 unspecified atom stereocenters. The Bertz CT molecular complexity index is 479. The molecule has 0 fully saturated rings. The molecule has 84 valence electrons. The molecule has 3 nitrogen and oxygen atoms in total. The van der Waals surface area contributed by atoms with Crippen LogP contribution in [-0.2, 0) is 11.0 Å². The molecule has 1 aliphatic heterocycles. The van der Waals surface area contributed by atoms with E-state index in [4.69, 9.17) is 0 Å². The van der Waals surface area contributed by atoms with Gasteiger partial charge in [-0.15, -0.1) is 0 Å². The van der Waals surface area contributed by atoms with E-state index in [1.807, 2.05) is 0 Å². The highest BCUT2D eigenvalue weighted by Gasteiger charge is 2.38. The summed E-state index contributed by atoms with van der Waals surface area (Å²) in [6.45, 7) is 0. The summed E-state index contributed by atoms with van der Waals surface area (Å²) in [5.74, 6) is -1.39. The number of Topliss-reactive ketones (excluding diaryl/α,β-unsaturated/α-hetero) is 1. The van der Waals surface area contributed by atoms with Crippen LogP contribution in [0.5, 0.6) is 0 Å². The maximum Gasteiger partial charge on any atom is 0.417 e. The van der Waals surface area contributed by atoms with E-state index in [-0.39, 0.29) is 5.69 Å². The number of amides is 1. The molecule has 1 aromatic carbocycles. The Morgan fingerprint density at radius 1 is 1.19 bits per heavy atom. The lowest BCUT2D eigenvalue weighted by atomic mass is 9.96. The molecule has 1 aromatic rings. The molecule has 1 N–H and O–H groups in total. The van der Waals surface area contributed by atoms with Gasteiger partial charge in [0.15, 0.2) is 5.78 Å². The van der Waals surface area contributed by atoms with Crippen molar-refractivity contribution in [3.05, 3.63) is 29.3 Å². The Morgan fingerprint density at radius 2 is 1.88 bits per heavy atom. The summed E-state index contributed by atoms with van der Waals surface area (Å²) >= 11 is 0. The average Bonchev–Trinajstić information content (AvgIpc) is 2.14. The molecule has 1 amide bonds. The minimum atomic E-state index is -4.59. The van der Waals surface area contributed by atoms with Crippen LogP contribution >= 0.6 is 0 Å². The third-order valence-corrected chi connectivity index (χ3v) is 2.24. The first-order valence-electron chi connectivity index (χ1n) is 4.43. The van der Waals surface area contributed by atoms with Crippen LogP contribution in [0.4, 0.5) is 18.9 Å². The smallest absolute Gasteiger partial charge is 0.325 e. The lowest BCUT2D eigenvalue weighted by Gasteiger charge is -2.19. The number of fused-ring (bicyclic) bond motifs is 1. The standard InChI is InChI=1S/C10H6F3NO2/c11-10(12,13)5-2-1-3-6-9(5)7(15)4-8(16)14-6/h1-3H,4H2,(H,14,16). The van der Waals surface area contributed by atoms with Gasteiger partial charge in [-0.05, 0) is 12.1 Å². The number of alkyl halides is 3. The quantitative estimate of drug-likeness (QED) is 0.693. The fourth-order valence-electron chi connectivity index (χ4n) is 1.62. The Labute approximate surface area is 88.3 Å². The van der Waals surface area contributed by atoms with E-state index in [0.29, 0.717) is 0 Å². The predicted molar refractivity (Wildman–Crippen MR) is 49.0 cm³/mol. The van der Waals surface area contributed by atoms with Crippen molar-refractivity contribution in [3.63, 3.8) is 0 Å². The minimum absolute atomic E-state index is 0.0731. The van der Waals surface area contributed by atoms with Gasteiger partial charge < -0.3 is 5.32 Å². The number of nitrogens with one attached hydrogen (secondary N) is 1. The molecule has 0 atom stereocenters. The second kappa shape index (κ2) is 3.33. The molecule has 1 heterocycles. The van der Waals surface area contributed by atoms with Gasteiger partial charge in [0, 0.05) is 0 Å². The van der Waals surface area contributed by atoms with Crippen LogP contribution in [0.3, 0.4) is 0 Å². The van der Waals surface area contributed by atoms with E-state index in [1.165, 1.54) is 6.07 Å². The third-order valence-electron chi connectivity index (χ3n) is 2.24. The highest BCUT2D eigenvalue weighted by Crippen LogP contribution is 2.37. The van der Waals surface area contributed by atoms with Crippen LogP contribution in [-0.4, -0.2) is 11.7 Å². The topological polar surface area (TPSA) is 46.2 Å². The molecular formula is C10H6F3NO2. The summed E-state index contributed by atoms with van der Waals surface area (Å²) in [7, 11) is 0. The summed E-state index contributed by atoms with van der Waals surface area (Å²) in [5, 5.41) is 2.24. The first kappa shape index (κ1) is 10.7. The van der Waals surface area contributed by atoms with E-state index in [9.17, 15) is 22.8 Å². The summed E-state index contributed by atoms with van der Waals surface area (Å²) in [6, 6.07) is 3.26. The van der Waals surface area contributed by atoms with E-state index in [2.05, 4.69) is 5.32 Å². The summed E-state index contributed by atoms with van der Waals surface area (Å²) in [6.07, 6.45) is -5.14. The first-order chi connectivity index (χ1) is 7.39. The van der Waals surface area contributed by atoms with Gasteiger partial charge in [0.25, 0.3) is 0 Å². The van der Waals surface area contributed by atoms with Gasteiger partial charge in [-0.25, -0.2) is 0 Å². The van der Waals surface area contributed by atoms with E-state index in [0.717, 1.165) is 12.1 Å². The Kier molecular flexibility index (Phi) is 2.22. The SMILES string of the molecule is O=C1CC(=O)c2c(cccc2C(F)(F)F)N1. The Balaban J connectivity index is 2.64.